The van der Waals surface area contributed by atoms with Crippen LogP contribution in [0.3, 0.4) is 0 Å². The van der Waals surface area contributed by atoms with E-state index in [1.165, 1.54) is 0 Å². The first-order valence-corrected chi connectivity index (χ1v) is 6.01. The third kappa shape index (κ3) is 1.71. The molecule has 0 aliphatic carbocycles. The van der Waals surface area contributed by atoms with Crippen LogP contribution in [0.15, 0.2) is 12.4 Å². The Labute approximate surface area is 96.9 Å². The quantitative estimate of drug-likeness (QED) is 0.869. The number of nitrogens with one attached hydrogen (secondary N) is 1. The summed E-state index contributed by atoms with van der Waals surface area (Å²) in [6, 6.07) is 0. The van der Waals surface area contributed by atoms with Crippen LogP contribution in [0, 0.1) is 0 Å². The van der Waals surface area contributed by atoms with Crippen LogP contribution in [-0.2, 0) is 11.8 Å². The van der Waals surface area contributed by atoms with Crippen molar-refractivity contribution in [2.24, 2.45) is 0 Å². The van der Waals surface area contributed by atoms with Gasteiger partial charge in [0.1, 0.15) is 5.82 Å². The van der Waals surface area contributed by atoms with Crippen LogP contribution in [0.2, 0.25) is 0 Å². The van der Waals surface area contributed by atoms with Gasteiger partial charge in [0, 0.05) is 18.6 Å². The van der Waals surface area contributed by atoms with E-state index in [-0.39, 0.29) is 0 Å². The Hall–Kier alpha value is -1.10. The largest absolute Gasteiger partial charge is 0.373 e. The number of fused-ring (bicyclic) bond motifs is 1. The van der Waals surface area contributed by atoms with E-state index in [0.717, 1.165) is 34.6 Å². The molecule has 2 rings (SSSR count). The molecule has 0 bridgehead atoms. The maximum Gasteiger partial charge on any atom is 0.157 e. The summed E-state index contributed by atoms with van der Waals surface area (Å²) < 4.78 is 2.04. The number of hydrogen-bond acceptors (Lipinski definition) is 3. The highest BCUT2D eigenvalue weighted by molar-refractivity contribution is 9.08. The molecule has 0 radical (unpaired) electrons. The van der Waals surface area contributed by atoms with Crippen LogP contribution in [-0.4, -0.2) is 21.4 Å². The number of aryl methyl sites for hydroxylation is 1. The molecular weight excluding hydrogens is 256 g/mol. The molecule has 0 spiro atoms. The Kier molecular flexibility index (Phi) is 2.90. The van der Waals surface area contributed by atoms with E-state index >= 15 is 0 Å². The van der Waals surface area contributed by atoms with Crippen LogP contribution in [0.4, 0.5) is 5.82 Å². The number of hydrogen-bond donors (Lipinski definition) is 1. The highest BCUT2D eigenvalue weighted by Gasteiger charge is 2.09. The molecule has 0 aliphatic heterocycles. The summed E-state index contributed by atoms with van der Waals surface area (Å²) in [7, 11) is 1.91. The van der Waals surface area contributed by atoms with E-state index < -0.39 is 0 Å². The molecule has 0 aliphatic rings. The molecule has 15 heavy (non-hydrogen) atoms. The number of anilines is 1. The van der Waals surface area contributed by atoms with E-state index in [1.54, 1.807) is 6.20 Å². The van der Waals surface area contributed by atoms with Gasteiger partial charge in [-0.15, -0.1) is 0 Å². The number of imidazole rings is 1. The number of rotatable bonds is 3. The first kappa shape index (κ1) is 10.4. The molecule has 2 aromatic heterocycles. The summed E-state index contributed by atoms with van der Waals surface area (Å²) >= 11 is 3.40. The van der Waals surface area contributed by atoms with Gasteiger partial charge in [0.15, 0.2) is 5.65 Å². The zero-order valence-electron chi connectivity index (χ0n) is 8.79. The lowest BCUT2D eigenvalue weighted by Crippen LogP contribution is -1.98. The maximum absolute atomic E-state index is 4.50. The minimum absolute atomic E-state index is 0.756. The van der Waals surface area contributed by atoms with Crippen molar-refractivity contribution < 1.29 is 0 Å². The van der Waals surface area contributed by atoms with Gasteiger partial charge < -0.3 is 5.32 Å². The lowest BCUT2D eigenvalue weighted by atomic mass is 10.3. The molecule has 0 amide bonds. The zero-order valence-corrected chi connectivity index (χ0v) is 10.4. The molecule has 0 atom stereocenters. The lowest BCUT2D eigenvalue weighted by Gasteiger charge is -2.02. The SMILES string of the molecule is CCc1nc2cnc(CBr)cn2c1NC. The summed E-state index contributed by atoms with van der Waals surface area (Å²) in [5.74, 6) is 1.05. The topological polar surface area (TPSA) is 42.2 Å². The fourth-order valence-corrected chi connectivity index (χ4v) is 1.91. The first-order valence-electron chi connectivity index (χ1n) is 4.89. The van der Waals surface area contributed by atoms with Crippen molar-refractivity contribution >= 4 is 27.4 Å². The number of halogens is 1. The van der Waals surface area contributed by atoms with Gasteiger partial charge in [-0.3, -0.25) is 9.38 Å². The minimum atomic E-state index is 0.756. The van der Waals surface area contributed by atoms with Crippen molar-refractivity contribution in [2.75, 3.05) is 12.4 Å². The number of aromatic nitrogens is 3. The van der Waals surface area contributed by atoms with Gasteiger partial charge in [-0.05, 0) is 6.42 Å². The van der Waals surface area contributed by atoms with Crippen molar-refractivity contribution in [3.8, 4) is 0 Å². The third-order valence-electron chi connectivity index (χ3n) is 2.34. The average molecular weight is 269 g/mol. The first-order chi connectivity index (χ1) is 7.30. The van der Waals surface area contributed by atoms with Crippen LogP contribution >= 0.6 is 15.9 Å². The molecule has 0 unspecified atom stereocenters. The number of alkyl halides is 1. The number of nitrogens with zero attached hydrogens (tertiary/aromatic N) is 3. The van der Waals surface area contributed by atoms with Gasteiger partial charge in [-0.2, -0.15) is 0 Å². The zero-order chi connectivity index (χ0) is 10.8. The minimum Gasteiger partial charge on any atom is -0.373 e. The molecule has 0 fully saturated rings. The molecule has 2 aromatic rings. The van der Waals surface area contributed by atoms with Gasteiger partial charge in [-0.1, -0.05) is 22.9 Å². The summed E-state index contributed by atoms with van der Waals surface area (Å²) in [6.07, 6.45) is 4.72. The molecule has 0 saturated heterocycles. The van der Waals surface area contributed by atoms with E-state index in [9.17, 15) is 0 Å². The van der Waals surface area contributed by atoms with E-state index in [2.05, 4.69) is 38.1 Å². The summed E-state index contributed by atoms with van der Waals surface area (Å²) in [4.78, 5) is 8.79. The molecule has 0 saturated carbocycles. The van der Waals surface area contributed by atoms with Crippen molar-refractivity contribution in [1.82, 2.24) is 14.4 Å². The molecule has 80 valence electrons. The Morgan fingerprint density at radius 1 is 1.53 bits per heavy atom. The van der Waals surface area contributed by atoms with E-state index in [0.29, 0.717) is 0 Å². The third-order valence-corrected chi connectivity index (χ3v) is 2.92. The van der Waals surface area contributed by atoms with Gasteiger partial charge in [0.2, 0.25) is 0 Å². The lowest BCUT2D eigenvalue weighted by molar-refractivity contribution is 1.06. The summed E-state index contributed by atoms with van der Waals surface area (Å²) in [6.45, 7) is 2.10. The average Bonchev–Trinajstić information content (AvgIpc) is 2.65. The monoisotopic (exact) mass is 268 g/mol. The molecular formula is C10H13BrN4. The summed E-state index contributed by atoms with van der Waals surface area (Å²) in [5, 5.41) is 3.93. The highest BCUT2D eigenvalue weighted by atomic mass is 79.9. The predicted molar refractivity (Wildman–Crippen MR) is 64.5 cm³/mol. The maximum atomic E-state index is 4.50. The van der Waals surface area contributed by atoms with Crippen molar-refractivity contribution in [3.63, 3.8) is 0 Å². The standard InChI is InChI=1S/C10H13BrN4/c1-3-8-10(12-2)15-6-7(4-11)13-5-9(15)14-8/h5-6,12H,3-4H2,1-2H3. The second-order valence-electron chi connectivity index (χ2n) is 3.25. The van der Waals surface area contributed by atoms with Gasteiger partial charge in [0.25, 0.3) is 0 Å². The van der Waals surface area contributed by atoms with E-state index in [1.807, 2.05) is 17.6 Å². The fraction of sp³-hybridized carbons (Fsp3) is 0.400. The Morgan fingerprint density at radius 3 is 2.93 bits per heavy atom. The van der Waals surface area contributed by atoms with Crippen LogP contribution in [0.1, 0.15) is 18.3 Å². The molecule has 5 heteroatoms. The van der Waals surface area contributed by atoms with Crippen LogP contribution < -0.4 is 5.32 Å². The van der Waals surface area contributed by atoms with Crippen molar-refractivity contribution in [2.45, 2.75) is 18.7 Å². The molecule has 1 N–H and O–H groups in total. The highest BCUT2D eigenvalue weighted by Crippen LogP contribution is 2.18. The van der Waals surface area contributed by atoms with Gasteiger partial charge in [0.05, 0.1) is 17.6 Å². The predicted octanol–water partition coefficient (Wildman–Crippen LogP) is 2.23. The Morgan fingerprint density at radius 2 is 2.33 bits per heavy atom. The summed E-state index contributed by atoms with van der Waals surface area (Å²) in [5.41, 5.74) is 2.96. The Bertz CT molecular complexity index is 477. The fourth-order valence-electron chi connectivity index (χ4n) is 1.62. The van der Waals surface area contributed by atoms with Gasteiger partial charge in [-0.25, -0.2) is 4.98 Å². The normalized spacial score (nSPS) is 10.9. The van der Waals surface area contributed by atoms with Crippen LogP contribution in [0.5, 0.6) is 0 Å². The second kappa shape index (κ2) is 4.18. The van der Waals surface area contributed by atoms with Gasteiger partial charge >= 0.3 is 0 Å². The van der Waals surface area contributed by atoms with Crippen molar-refractivity contribution in [1.29, 1.82) is 0 Å². The molecule has 0 aromatic carbocycles. The van der Waals surface area contributed by atoms with Crippen LogP contribution in [0.25, 0.3) is 5.65 Å². The van der Waals surface area contributed by atoms with E-state index in [4.69, 9.17) is 0 Å². The smallest absolute Gasteiger partial charge is 0.157 e. The Balaban J connectivity index is 2.67. The molecule has 2 heterocycles. The second-order valence-corrected chi connectivity index (χ2v) is 3.81. The van der Waals surface area contributed by atoms with Crippen molar-refractivity contribution in [3.05, 3.63) is 23.8 Å². The molecule has 4 nitrogen and oxygen atoms in total.